The second-order valence-electron chi connectivity index (χ2n) is 6.85. The van der Waals surface area contributed by atoms with Crippen LogP contribution < -0.4 is 4.74 Å². The quantitative estimate of drug-likeness (QED) is 0.629. The minimum absolute atomic E-state index is 0.412. The van der Waals surface area contributed by atoms with E-state index in [1.54, 1.807) is 0 Å². The van der Waals surface area contributed by atoms with Gasteiger partial charge in [-0.15, -0.1) is 10.2 Å². The minimum Gasteiger partial charge on any atom is -0.480 e. The molecule has 3 aromatic rings. The van der Waals surface area contributed by atoms with E-state index < -0.39 is 5.60 Å². The number of halogens is 1. The van der Waals surface area contributed by atoms with Crippen LogP contribution in [0.4, 0.5) is 0 Å². The fraction of sp³-hybridized carbons (Fsp3) is 0.300. The third-order valence-electron chi connectivity index (χ3n) is 4.38. The number of benzene rings is 2. The zero-order chi connectivity index (χ0) is 17.4. The van der Waals surface area contributed by atoms with E-state index >= 15 is 0 Å². The van der Waals surface area contributed by atoms with Gasteiger partial charge in [0.1, 0.15) is 5.75 Å². The lowest BCUT2D eigenvalue weighted by atomic mass is 10.1. The number of ether oxygens (including phenoxy) is 1. The van der Waals surface area contributed by atoms with Crippen LogP contribution in [-0.2, 0) is 5.60 Å². The van der Waals surface area contributed by atoms with Crippen molar-refractivity contribution in [2.24, 2.45) is 0 Å². The Morgan fingerprint density at radius 1 is 1.00 bits per heavy atom. The van der Waals surface area contributed by atoms with Gasteiger partial charge in [0, 0.05) is 11.6 Å². The second-order valence-corrected chi connectivity index (χ2v) is 7.26. The molecule has 5 heteroatoms. The van der Waals surface area contributed by atoms with Gasteiger partial charge in [-0.3, -0.25) is 0 Å². The van der Waals surface area contributed by atoms with Crippen LogP contribution in [0.15, 0.2) is 54.6 Å². The summed E-state index contributed by atoms with van der Waals surface area (Å²) in [6.07, 6.45) is 2.26. The molecule has 0 amide bonds. The van der Waals surface area contributed by atoms with Gasteiger partial charge in [0.25, 0.3) is 0 Å². The van der Waals surface area contributed by atoms with Crippen molar-refractivity contribution in [1.82, 2.24) is 14.8 Å². The van der Waals surface area contributed by atoms with Gasteiger partial charge in [0.15, 0.2) is 17.2 Å². The van der Waals surface area contributed by atoms with E-state index in [4.69, 9.17) is 16.3 Å². The molecule has 0 radical (unpaired) electrons. The highest BCUT2D eigenvalue weighted by atomic mass is 35.5. The van der Waals surface area contributed by atoms with Crippen molar-refractivity contribution < 1.29 is 4.74 Å². The van der Waals surface area contributed by atoms with Crippen molar-refractivity contribution in [3.63, 3.8) is 0 Å². The molecule has 0 atom stereocenters. The molecule has 0 N–H and O–H groups in total. The molecule has 1 saturated carbocycles. The van der Waals surface area contributed by atoms with Crippen molar-refractivity contribution in [3.8, 4) is 17.1 Å². The highest BCUT2D eigenvalue weighted by Gasteiger charge is 2.37. The zero-order valence-electron chi connectivity index (χ0n) is 14.3. The molecular formula is C20H20ClN3O. The minimum atomic E-state index is -0.601. The summed E-state index contributed by atoms with van der Waals surface area (Å²) in [5.74, 6) is 2.46. The number of hydrogen-bond acceptors (Lipinski definition) is 3. The van der Waals surface area contributed by atoms with E-state index in [9.17, 15) is 0 Å². The van der Waals surface area contributed by atoms with Gasteiger partial charge in [-0.1, -0.05) is 41.9 Å². The van der Waals surface area contributed by atoms with Crippen molar-refractivity contribution in [3.05, 3.63) is 65.4 Å². The Balaban J connectivity index is 1.77. The van der Waals surface area contributed by atoms with Crippen molar-refractivity contribution in [2.75, 3.05) is 0 Å². The molecule has 0 unspecified atom stereocenters. The number of aromatic nitrogens is 3. The smallest absolute Gasteiger partial charge is 0.177 e. The Hall–Kier alpha value is -2.33. The van der Waals surface area contributed by atoms with Crippen LogP contribution in [-0.4, -0.2) is 14.8 Å². The summed E-state index contributed by atoms with van der Waals surface area (Å²) in [7, 11) is 0. The summed E-state index contributed by atoms with van der Waals surface area (Å²) in [4.78, 5) is 0. The number of nitrogens with zero attached hydrogens (tertiary/aromatic N) is 3. The molecule has 1 heterocycles. The molecule has 2 aromatic carbocycles. The normalized spacial score (nSPS) is 14.5. The van der Waals surface area contributed by atoms with Gasteiger partial charge >= 0.3 is 0 Å². The highest BCUT2D eigenvalue weighted by molar-refractivity contribution is 6.33. The van der Waals surface area contributed by atoms with Gasteiger partial charge in [-0.05, 0) is 51.0 Å². The average molecular weight is 354 g/mol. The van der Waals surface area contributed by atoms with E-state index in [2.05, 4.69) is 14.8 Å². The van der Waals surface area contributed by atoms with Gasteiger partial charge in [0.2, 0.25) is 0 Å². The first kappa shape index (κ1) is 16.2. The monoisotopic (exact) mass is 353 g/mol. The lowest BCUT2D eigenvalue weighted by Crippen LogP contribution is -2.29. The summed E-state index contributed by atoms with van der Waals surface area (Å²) < 4.78 is 8.43. The Bertz CT molecular complexity index is 885. The molecule has 0 saturated heterocycles. The summed E-state index contributed by atoms with van der Waals surface area (Å²) in [5, 5.41) is 9.64. The second kappa shape index (κ2) is 6.19. The first-order chi connectivity index (χ1) is 12.1. The molecule has 0 bridgehead atoms. The SMILES string of the molecule is CC(C)(Oc1ccccc1)c1nnc(-c2ccccc2Cl)n1C1CC1. The lowest BCUT2D eigenvalue weighted by molar-refractivity contribution is 0.0937. The van der Waals surface area contributed by atoms with Crippen molar-refractivity contribution in [2.45, 2.75) is 38.3 Å². The van der Waals surface area contributed by atoms with Crippen molar-refractivity contribution >= 4 is 11.6 Å². The predicted octanol–water partition coefficient (Wildman–Crippen LogP) is 5.25. The highest BCUT2D eigenvalue weighted by Crippen LogP contribution is 2.42. The maximum atomic E-state index is 6.40. The van der Waals surface area contributed by atoms with Crippen LogP contribution >= 0.6 is 11.6 Å². The molecule has 0 spiro atoms. The summed E-state index contributed by atoms with van der Waals surface area (Å²) in [6.45, 7) is 4.05. The van der Waals surface area contributed by atoms with E-state index in [0.717, 1.165) is 35.8 Å². The lowest BCUT2D eigenvalue weighted by Gasteiger charge is -2.26. The Morgan fingerprint density at radius 3 is 2.36 bits per heavy atom. The van der Waals surface area contributed by atoms with Gasteiger partial charge in [0.05, 0.1) is 5.02 Å². The van der Waals surface area contributed by atoms with Gasteiger partial charge in [-0.25, -0.2) is 0 Å². The Kier molecular flexibility index (Phi) is 4.00. The van der Waals surface area contributed by atoms with E-state index in [0.29, 0.717) is 11.1 Å². The largest absolute Gasteiger partial charge is 0.480 e. The molecule has 1 aromatic heterocycles. The first-order valence-corrected chi connectivity index (χ1v) is 8.88. The van der Waals surface area contributed by atoms with Crippen LogP contribution in [0.2, 0.25) is 5.02 Å². The molecule has 1 aliphatic carbocycles. The molecule has 1 aliphatic rings. The molecule has 0 aliphatic heterocycles. The Morgan fingerprint density at radius 2 is 1.68 bits per heavy atom. The van der Waals surface area contributed by atoms with Crippen LogP contribution in [0, 0.1) is 0 Å². The van der Waals surface area contributed by atoms with Crippen LogP contribution in [0.1, 0.15) is 38.6 Å². The van der Waals surface area contributed by atoms with E-state index in [1.165, 1.54) is 0 Å². The fourth-order valence-corrected chi connectivity index (χ4v) is 3.26. The van der Waals surface area contributed by atoms with Gasteiger partial charge in [-0.2, -0.15) is 0 Å². The van der Waals surface area contributed by atoms with Crippen LogP contribution in [0.5, 0.6) is 5.75 Å². The molecular weight excluding hydrogens is 334 g/mol. The van der Waals surface area contributed by atoms with E-state index in [1.807, 2.05) is 68.4 Å². The summed E-state index contributed by atoms with van der Waals surface area (Å²) >= 11 is 6.40. The topological polar surface area (TPSA) is 39.9 Å². The van der Waals surface area contributed by atoms with Crippen molar-refractivity contribution in [1.29, 1.82) is 0 Å². The Labute approximate surface area is 152 Å². The number of rotatable bonds is 5. The number of para-hydroxylation sites is 1. The maximum absolute atomic E-state index is 6.40. The average Bonchev–Trinajstić information content (AvgIpc) is 3.34. The third kappa shape index (κ3) is 3.14. The maximum Gasteiger partial charge on any atom is 0.177 e. The zero-order valence-corrected chi connectivity index (χ0v) is 15.1. The van der Waals surface area contributed by atoms with E-state index in [-0.39, 0.29) is 0 Å². The summed E-state index contributed by atoms with van der Waals surface area (Å²) in [6, 6.07) is 18.0. The van der Waals surface area contributed by atoms with Crippen LogP contribution in [0.25, 0.3) is 11.4 Å². The van der Waals surface area contributed by atoms with Gasteiger partial charge < -0.3 is 9.30 Å². The standard InChI is InChI=1S/C20H20ClN3O/c1-20(2,25-15-8-4-3-5-9-15)19-23-22-18(24(19)14-12-13-14)16-10-6-7-11-17(16)21/h3-11,14H,12-13H2,1-2H3. The summed E-state index contributed by atoms with van der Waals surface area (Å²) in [5.41, 5.74) is 0.307. The molecule has 25 heavy (non-hydrogen) atoms. The fourth-order valence-electron chi connectivity index (χ4n) is 3.04. The number of hydrogen-bond donors (Lipinski definition) is 0. The van der Waals surface area contributed by atoms with Crippen LogP contribution in [0.3, 0.4) is 0 Å². The first-order valence-electron chi connectivity index (χ1n) is 8.50. The molecule has 128 valence electrons. The molecule has 4 nitrogen and oxygen atoms in total. The molecule has 1 fully saturated rings. The molecule has 4 rings (SSSR count). The predicted molar refractivity (Wildman–Crippen MR) is 98.8 cm³/mol. The third-order valence-corrected chi connectivity index (χ3v) is 4.71.